The standard InChI is InChI=1S/C27H35ClN2O6/c1-6-13-29(19-12-10-9-11-18(19)28)24(33)22-27-14-16(4)26(5,36-27)21(25(34)35-8-3)20(27)23(32)30(22)17(7-2)15-31/h6,9-12,16-17,20-22,31H,1,7-8,13-15H2,2-5H3/t16?,17-,20-,21-,22?,26+,27?/m0/s1. The van der Waals surface area contributed by atoms with Crippen LogP contribution in [-0.2, 0) is 23.9 Å². The summed E-state index contributed by atoms with van der Waals surface area (Å²) in [5.41, 5.74) is -1.70. The van der Waals surface area contributed by atoms with Crippen molar-refractivity contribution in [3.63, 3.8) is 0 Å². The van der Waals surface area contributed by atoms with Gasteiger partial charge in [0, 0.05) is 6.54 Å². The molecule has 3 aliphatic heterocycles. The number of esters is 1. The number of hydrogen-bond donors (Lipinski definition) is 1. The first-order valence-electron chi connectivity index (χ1n) is 12.6. The smallest absolute Gasteiger partial charge is 0.312 e. The van der Waals surface area contributed by atoms with Crippen molar-refractivity contribution >= 4 is 35.1 Å². The summed E-state index contributed by atoms with van der Waals surface area (Å²) >= 11 is 6.48. The van der Waals surface area contributed by atoms with Gasteiger partial charge in [-0.2, -0.15) is 0 Å². The number of hydrogen-bond acceptors (Lipinski definition) is 6. The maximum atomic E-state index is 14.5. The number of carbonyl (C=O) groups excluding carboxylic acids is 3. The Balaban J connectivity index is 1.89. The zero-order valence-corrected chi connectivity index (χ0v) is 22.0. The first-order chi connectivity index (χ1) is 17.1. The van der Waals surface area contributed by atoms with Gasteiger partial charge in [0.1, 0.15) is 17.6 Å². The lowest BCUT2D eigenvalue weighted by Crippen LogP contribution is -2.59. The Morgan fingerprint density at radius 1 is 1.39 bits per heavy atom. The normalized spacial score (nSPS) is 33.4. The fourth-order valence-electron chi connectivity index (χ4n) is 6.61. The predicted octanol–water partition coefficient (Wildman–Crippen LogP) is 3.20. The maximum Gasteiger partial charge on any atom is 0.312 e. The maximum absolute atomic E-state index is 14.5. The fourth-order valence-corrected chi connectivity index (χ4v) is 6.85. The van der Waals surface area contributed by atoms with Crippen LogP contribution in [0.3, 0.4) is 0 Å². The van der Waals surface area contributed by atoms with Gasteiger partial charge >= 0.3 is 5.97 Å². The van der Waals surface area contributed by atoms with Crippen LogP contribution in [0, 0.1) is 17.8 Å². The average molecular weight is 519 g/mol. The highest BCUT2D eigenvalue weighted by Gasteiger charge is 2.80. The van der Waals surface area contributed by atoms with Gasteiger partial charge in [0.05, 0.1) is 41.5 Å². The summed E-state index contributed by atoms with van der Waals surface area (Å²) in [6, 6.07) is 5.32. The van der Waals surface area contributed by atoms with Gasteiger partial charge in [0.2, 0.25) is 5.91 Å². The molecule has 0 saturated carbocycles. The lowest BCUT2D eigenvalue weighted by molar-refractivity contribution is -0.162. The monoisotopic (exact) mass is 518 g/mol. The Hall–Kier alpha value is -2.42. The molecule has 0 aromatic heterocycles. The highest BCUT2D eigenvalue weighted by atomic mass is 35.5. The third-order valence-electron chi connectivity index (χ3n) is 8.32. The molecule has 7 atom stereocenters. The highest BCUT2D eigenvalue weighted by molar-refractivity contribution is 6.34. The fraction of sp³-hybridized carbons (Fsp3) is 0.593. The molecule has 36 heavy (non-hydrogen) atoms. The van der Waals surface area contributed by atoms with Gasteiger partial charge in [0.15, 0.2) is 0 Å². The Kier molecular flexibility index (Phi) is 7.25. The van der Waals surface area contributed by atoms with Crippen LogP contribution < -0.4 is 4.90 Å². The van der Waals surface area contributed by atoms with Crippen LogP contribution in [0.4, 0.5) is 5.69 Å². The van der Waals surface area contributed by atoms with E-state index in [1.165, 1.54) is 9.80 Å². The second kappa shape index (κ2) is 9.80. The minimum atomic E-state index is -1.23. The van der Waals surface area contributed by atoms with Gasteiger partial charge in [-0.25, -0.2) is 0 Å². The molecule has 8 nitrogen and oxygen atoms in total. The molecule has 3 aliphatic rings. The van der Waals surface area contributed by atoms with Crippen LogP contribution in [-0.4, -0.2) is 70.8 Å². The molecule has 3 fully saturated rings. The Labute approximate surface area is 217 Å². The van der Waals surface area contributed by atoms with E-state index in [-0.39, 0.29) is 37.5 Å². The number of nitrogens with zero attached hydrogens (tertiary/aromatic N) is 2. The van der Waals surface area contributed by atoms with Crippen LogP contribution in [0.25, 0.3) is 0 Å². The molecule has 1 spiro atoms. The van der Waals surface area contributed by atoms with E-state index in [2.05, 4.69) is 6.58 Å². The molecular formula is C27H35ClN2O6. The Morgan fingerprint density at radius 2 is 2.08 bits per heavy atom. The number of carbonyl (C=O) groups is 3. The lowest BCUT2D eigenvalue weighted by Gasteiger charge is -2.39. The van der Waals surface area contributed by atoms with Gasteiger partial charge in [-0.3, -0.25) is 14.4 Å². The van der Waals surface area contributed by atoms with Crippen molar-refractivity contribution in [3.05, 3.63) is 41.9 Å². The van der Waals surface area contributed by atoms with Crippen molar-refractivity contribution in [1.82, 2.24) is 4.90 Å². The first-order valence-corrected chi connectivity index (χ1v) is 13.0. The van der Waals surface area contributed by atoms with Crippen LogP contribution in [0.15, 0.2) is 36.9 Å². The first kappa shape index (κ1) is 26.6. The van der Waals surface area contributed by atoms with E-state index in [0.717, 1.165) is 0 Å². The van der Waals surface area contributed by atoms with E-state index in [4.69, 9.17) is 21.1 Å². The third kappa shape index (κ3) is 3.68. The summed E-state index contributed by atoms with van der Waals surface area (Å²) in [5, 5.41) is 10.6. The molecule has 1 N–H and O–H groups in total. The number of aliphatic hydroxyl groups excluding tert-OH is 1. The van der Waals surface area contributed by atoms with E-state index >= 15 is 0 Å². The predicted molar refractivity (Wildman–Crippen MR) is 135 cm³/mol. The zero-order chi connectivity index (χ0) is 26.4. The average Bonchev–Trinajstić information content (AvgIpc) is 3.36. The number of halogens is 1. The quantitative estimate of drug-likeness (QED) is 0.398. The number of para-hydroxylation sites is 1. The van der Waals surface area contributed by atoms with E-state index < -0.39 is 41.1 Å². The molecule has 3 unspecified atom stereocenters. The minimum absolute atomic E-state index is 0.103. The number of likely N-dealkylation sites (tertiary alicyclic amines) is 1. The van der Waals surface area contributed by atoms with Crippen LogP contribution >= 0.6 is 11.6 Å². The Bertz CT molecular complexity index is 1060. The number of aliphatic hydroxyl groups is 1. The van der Waals surface area contributed by atoms with Crippen molar-refractivity contribution in [2.45, 2.75) is 63.8 Å². The van der Waals surface area contributed by atoms with Gasteiger partial charge in [-0.15, -0.1) is 6.58 Å². The summed E-state index contributed by atoms with van der Waals surface area (Å²) in [4.78, 5) is 44.8. The van der Waals surface area contributed by atoms with Gasteiger partial charge in [0.25, 0.3) is 5.91 Å². The SMILES string of the molecule is C=CCN(C(=O)C1N([C@@H](CC)CO)C(=O)[C@@H]2[C@@H](C(=O)OCC)[C@]3(C)OC12CC3C)c1ccccc1Cl. The molecule has 9 heteroatoms. The van der Waals surface area contributed by atoms with Crippen molar-refractivity contribution in [2.24, 2.45) is 17.8 Å². The number of fused-ring (bicyclic) bond motifs is 1. The number of amides is 2. The van der Waals surface area contributed by atoms with Gasteiger partial charge < -0.3 is 24.4 Å². The minimum Gasteiger partial charge on any atom is -0.466 e. The van der Waals surface area contributed by atoms with Crippen molar-refractivity contribution < 1.29 is 29.0 Å². The third-order valence-corrected chi connectivity index (χ3v) is 8.64. The van der Waals surface area contributed by atoms with Crippen molar-refractivity contribution in [3.8, 4) is 0 Å². The van der Waals surface area contributed by atoms with E-state index in [0.29, 0.717) is 23.6 Å². The van der Waals surface area contributed by atoms with Crippen molar-refractivity contribution in [2.75, 3.05) is 24.7 Å². The van der Waals surface area contributed by atoms with E-state index in [9.17, 15) is 19.5 Å². The molecule has 4 rings (SSSR count). The number of anilines is 1. The number of benzene rings is 1. The van der Waals surface area contributed by atoms with Crippen LogP contribution in [0.2, 0.25) is 5.02 Å². The molecular weight excluding hydrogens is 484 g/mol. The topological polar surface area (TPSA) is 96.4 Å². The Morgan fingerprint density at radius 3 is 2.67 bits per heavy atom. The summed E-state index contributed by atoms with van der Waals surface area (Å²) in [5.74, 6) is -3.07. The van der Waals surface area contributed by atoms with E-state index in [1.807, 2.05) is 20.8 Å². The number of rotatable bonds is 9. The summed E-state index contributed by atoms with van der Waals surface area (Å²) < 4.78 is 12.1. The van der Waals surface area contributed by atoms with Crippen LogP contribution in [0.5, 0.6) is 0 Å². The second-order valence-corrected chi connectivity index (χ2v) is 10.5. The number of ether oxygens (including phenoxy) is 2. The molecule has 1 aromatic rings. The molecule has 2 amide bonds. The summed E-state index contributed by atoms with van der Waals surface area (Å²) in [6.45, 7) is 11.2. The largest absolute Gasteiger partial charge is 0.466 e. The molecule has 3 heterocycles. The van der Waals surface area contributed by atoms with E-state index in [1.54, 1.807) is 37.3 Å². The van der Waals surface area contributed by atoms with Crippen LogP contribution in [0.1, 0.15) is 40.5 Å². The molecule has 2 bridgehead atoms. The highest BCUT2D eigenvalue weighted by Crippen LogP contribution is 2.65. The zero-order valence-electron chi connectivity index (χ0n) is 21.3. The van der Waals surface area contributed by atoms with Gasteiger partial charge in [-0.05, 0) is 44.7 Å². The molecule has 0 radical (unpaired) electrons. The summed E-state index contributed by atoms with van der Waals surface area (Å²) in [7, 11) is 0. The van der Waals surface area contributed by atoms with Crippen molar-refractivity contribution in [1.29, 1.82) is 0 Å². The molecule has 3 saturated heterocycles. The molecule has 1 aromatic carbocycles. The van der Waals surface area contributed by atoms with Gasteiger partial charge in [-0.1, -0.05) is 43.7 Å². The molecule has 0 aliphatic carbocycles. The second-order valence-electron chi connectivity index (χ2n) is 10.1. The molecule has 196 valence electrons. The summed E-state index contributed by atoms with van der Waals surface area (Å²) in [6.07, 6.45) is 2.45. The lowest BCUT2D eigenvalue weighted by atomic mass is 9.62.